The minimum absolute atomic E-state index is 0.132. The number of ether oxygens (including phenoxy) is 3. The summed E-state index contributed by atoms with van der Waals surface area (Å²) in [4.78, 5) is 8.65. The first-order valence-corrected chi connectivity index (χ1v) is 7.62. The van der Waals surface area contributed by atoms with Gasteiger partial charge in [0.05, 0.1) is 12.0 Å². The van der Waals surface area contributed by atoms with Gasteiger partial charge in [-0.25, -0.2) is 9.97 Å². The van der Waals surface area contributed by atoms with E-state index in [4.69, 9.17) is 19.9 Å². The van der Waals surface area contributed by atoms with Crippen molar-refractivity contribution in [1.29, 1.82) is 0 Å². The molecule has 4 rings (SSSR count). The average molecular weight is 320 g/mol. The summed E-state index contributed by atoms with van der Waals surface area (Å²) in [6.45, 7) is 5.37. The number of nitrogen functional groups attached to an aromatic ring is 1. The van der Waals surface area contributed by atoms with Gasteiger partial charge in [0.25, 0.3) is 0 Å². The number of aromatic nitrogens is 3. The lowest BCUT2D eigenvalue weighted by molar-refractivity contribution is -0.199. The van der Waals surface area contributed by atoms with Gasteiger partial charge in [-0.1, -0.05) is 0 Å². The first-order chi connectivity index (χ1) is 10.9. The maximum Gasteiger partial charge on any atom is 0.164 e. The van der Waals surface area contributed by atoms with Gasteiger partial charge in [0.15, 0.2) is 12.0 Å². The SMILES string of the molecule is Cc1nc(N)c2ccn([C@@H]3O[C@H](CO)[C@H]4OC(C)(C)O[C@H]43)c2n1. The fourth-order valence-electron chi connectivity index (χ4n) is 3.41. The lowest BCUT2D eigenvalue weighted by Gasteiger charge is -2.24. The van der Waals surface area contributed by atoms with Crippen LogP contribution in [0.25, 0.3) is 11.0 Å². The second-order valence-corrected chi connectivity index (χ2v) is 6.43. The normalized spacial score (nSPS) is 32.5. The van der Waals surface area contributed by atoms with Crippen LogP contribution in [0.1, 0.15) is 25.9 Å². The summed E-state index contributed by atoms with van der Waals surface area (Å²) >= 11 is 0. The van der Waals surface area contributed by atoms with E-state index >= 15 is 0 Å². The van der Waals surface area contributed by atoms with Crippen LogP contribution in [0.4, 0.5) is 5.82 Å². The zero-order chi connectivity index (χ0) is 16.4. The monoisotopic (exact) mass is 320 g/mol. The fraction of sp³-hybridized carbons (Fsp3) is 0.600. The Bertz CT molecular complexity index is 759. The first-order valence-electron chi connectivity index (χ1n) is 7.62. The summed E-state index contributed by atoms with van der Waals surface area (Å²) < 4.78 is 19.7. The van der Waals surface area contributed by atoms with Crippen LogP contribution in [0.5, 0.6) is 0 Å². The van der Waals surface area contributed by atoms with Crippen molar-refractivity contribution in [3.63, 3.8) is 0 Å². The molecule has 2 fully saturated rings. The van der Waals surface area contributed by atoms with Crippen molar-refractivity contribution in [3.8, 4) is 0 Å². The number of aliphatic hydroxyl groups is 1. The molecule has 0 saturated carbocycles. The second kappa shape index (κ2) is 4.88. The van der Waals surface area contributed by atoms with Crippen LogP contribution >= 0.6 is 0 Å². The van der Waals surface area contributed by atoms with Crippen LogP contribution in [0.2, 0.25) is 0 Å². The summed E-state index contributed by atoms with van der Waals surface area (Å²) in [5.41, 5.74) is 6.66. The van der Waals surface area contributed by atoms with Crippen molar-refractivity contribution in [2.45, 2.75) is 51.1 Å². The molecule has 2 aliphatic rings. The van der Waals surface area contributed by atoms with Gasteiger partial charge in [-0.05, 0) is 26.8 Å². The number of rotatable bonds is 2. The number of fused-ring (bicyclic) bond motifs is 2. The Morgan fingerprint density at radius 2 is 2.04 bits per heavy atom. The van der Waals surface area contributed by atoms with Crippen LogP contribution in [-0.4, -0.2) is 50.3 Å². The second-order valence-electron chi connectivity index (χ2n) is 6.43. The van der Waals surface area contributed by atoms with Crippen molar-refractivity contribution in [2.75, 3.05) is 12.3 Å². The van der Waals surface area contributed by atoms with Crippen molar-refractivity contribution in [1.82, 2.24) is 14.5 Å². The van der Waals surface area contributed by atoms with Gasteiger partial charge in [-0.3, -0.25) is 0 Å². The Balaban J connectivity index is 1.79. The Kier molecular flexibility index (Phi) is 3.14. The number of aliphatic hydroxyl groups excluding tert-OH is 1. The molecule has 0 aliphatic carbocycles. The predicted octanol–water partition coefficient (Wildman–Crippen LogP) is 0.732. The Hall–Kier alpha value is -1.74. The molecule has 4 heterocycles. The molecule has 4 atom stereocenters. The fourth-order valence-corrected chi connectivity index (χ4v) is 3.41. The topological polar surface area (TPSA) is 105 Å². The zero-order valence-corrected chi connectivity index (χ0v) is 13.3. The molecule has 0 spiro atoms. The van der Waals surface area contributed by atoms with Gasteiger partial charge in [0.2, 0.25) is 0 Å². The smallest absolute Gasteiger partial charge is 0.164 e. The van der Waals surface area contributed by atoms with Crippen LogP contribution in [0.3, 0.4) is 0 Å². The molecule has 8 heteroatoms. The van der Waals surface area contributed by atoms with Crippen molar-refractivity contribution >= 4 is 16.9 Å². The van der Waals surface area contributed by atoms with Gasteiger partial charge in [-0.2, -0.15) is 0 Å². The molecule has 0 aromatic carbocycles. The highest BCUT2D eigenvalue weighted by Gasteiger charge is 2.55. The van der Waals surface area contributed by atoms with Crippen LogP contribution in [-0.2, 0) is 14.2 Å². The van der Waals surface area contributed by atoms with E-state index in [1.54, 1.807) is 6.92 Å². The van der Waals surface area contributed by atoms with Crippen LogP contribution < -0.4 is 5.73 Å². The molecule has 0 bridgehead atoms. The molecular formula is C15H20N4O4. The predicted molar refractivity (Wildman–Crippen MR) is 81.5 cm³/mol. The van der Waals surface area contributed by atoms with E-state index in [0.29, 0.717) is 17.3 Å². The van der Waals surface area contributed by atoms with Crippen molar-refractivity contribution in [3.05, 3.63) is 18.1 Å². The lowest BCUT2D eigenvalue weighted by atomic mass is 10.1. The maximum atomic E-state index is 9.58. The lowest BCUT2D eigenvalue weighted by Crippen LogP contribution is -2.31. The molecule has 0 amide bonds. The third-order valence-electron chi connectivity index (χ3n) is 4.29. The highest BCUT2D eigenvalue weighted by atomic mass is 16.8. The van der Waals surface area contributed by atoms with E-state index in [0.717, 1.165) is 5.39 Å². The standard InChI is InChI=1S/C15H20N4O4/c1-7-17-12(16)8-4-5-19(13(8)18-7)14-11-10(9(6-20)21-14)22-15(2,3)23-11/h4-5,9-11,14,20H,6H2,1-3H3,(H2,16,17,18)/t9-,10-,11-,14-/m1/s1. The molecule has 2 aromatic rings. The van der Waals surface area contributed by atoms with E-state index in [9.17, 15) is 5.11 Å². The Morgan fingerprint density at radius 1 is 1.30 bits per heavy atom. The summed E-state index contributed by atoms with van der Waals surface area (Å²) in [6.07, 6.45) is 0.326. The summed E-state index contributed by atoms with van der Waals surface area (Å²) in [7, 11) is 0. The van der Waals surface area contributed by atoms with E-state index in [2.05, 4.69) is 9.97 Å². The first kappa shape index (κ1) is 14.8. The number of aryl methyl sites for hydroxylation is 1. The van der Waals surface area contributed by atoms with Crippen molar-refractivity contribution < 1.29 is 19.3 Å². The molecule has 0 radical (unpaired) electrons. The molecule has 8 nitrogen and oxygen atoms in total. The highest BCUT2D eigenvalue weighted by Crippen LogP contribution is 2.43. The van der Waals surface area contributed by atoms with E-state index in [1.807, 2.05) is 30.7 Å². The van der Waals surface area contributed by atoms with Gasteiger partial charge < -0.3 is 29.6 Å². The van der Waals surface area contributed by atoms with Gasteiger partial charge >= 0.3 is 0 Å². The highest BCUT2D eigenvalue weighted by molar-refractivity contribution is 5.86. The average Bonchev–Trinajstić information content (AvgIpc) is 3.09. The molecule has 2 saturated heterocycles. The number of anilines is 1. The number of hydrogen-bond acceptors (Lipinski definition) is 7. The third-order valence-corrected chi connectivity index (χ3v) is 4.29. The molecule has 124 valence electrons. The molecule has 2 aromatic heterocycles. The zero-order valence-electron chi connectivity index (χ0n) is 13.3. The van der Waals surface area contributed by atoms with Crippen molar-refractivity contribution in [2.24, 2.45) is 0 Å². The number of nitrogens with zero attached hydrogens (tertiary/aromatic N) is 3. The molecular weight excluding hydrogens is 300 g/mol. The van der Waals surface area contributed by atoms with Gasteiger partial charge in [0.1, 0.15) is 35.6 Å². The Labute approximate surface area is 133 Å². The molecule has 3 N–H and O–H groups in total. The summed E-state index contributed by atoms with van der Waals surface area (Å²) in [6, 6.07) is 1.86. The molecule has 23 heavy (non-hydrogen) atoms. The number of hydrogen-bond donors (Lipinski definition) is 2. The molecule has 2 aliphatic heterocycles. The van der Waals surface area contributed by atoms with E-state index < -0.39 is 18.1 Å². The van der Waals surface area contributed by atoms with E-state index in [-0.39, 0.29) is 18.8 Å². The maximum absolute atomic E-state index is 9.58. The van der Waals surface area contributed by atoms with E-state index in [1.165, 1.54) is 0 Å². The van der Waals surface area contributed by atoms with Gasteiger partial charge in [-0.15, -0.1) is 0 Å². The number of nitrogens with two attached hydrogens (primary N) is 1. The molecule has 0 unspecified atom stereocenters. The third kappa shape index (κ3) is 2.21. The Morgan fingerprint density at radius 3 is 2.78 bits per heavy atom. The quantitative estimate of drug-likeness (QED) is 0.840. The summed E-state index contributed by atoms with van der Waals surface area (Å²) in [5, 5.41) is 10.3. The minimum Gasteiger partial charge on any atom is -0.394 e. The summed E-state index contributed by atoms with van der Waals surface area (Å²) in [5.74, 6) is 0.313. The van der Waals surface area contributed by atoms with Crippen LogP contribution in [0.15, 0.2) is 12.3 Å². The minimum atomic E-state index is -0.711. The largest absolute Gasteiger partial charge is 0.394 e. The van der Waals surface area contributed by atoms with Crippen LogP contribution in [0, 0.1) is 6.92 Å². The van der Waals surface area contributed by atoms with Gasteiger partial charge in [0, 0.05) is 6.20 Å².